The summed E-state index contributed by atoms with van der Waals surface area (Å²) in [5.41, 5.74) is 1.51. The Bertz CT molecular complexity index is 676. The number of hydrogen-bond acceptors (Lipinski definition) is 4. The van der Waals surface area contributed by atoms with E-state index in [-0.39, 0.29) is 12.5 Å². The van der Waals surface area contributed by atoms with Crippen molar-refractivity contribution in [2.75, 3.05) is 18.6 Å². The van der Waals surface area contributed by atoms with Crippen LogP contribution in [0.25, 0.3) is 0 Å². The van der Waals surface area contributed by atoms with Crippen molar-refractivity contribution < 1.29 is 14.3 Å². The van der Waals surface area contributed by atoms with Crippen LogP contribution in [0.1, 0.15) is 5.69 Å². The minimum Gasteiger partial charge on any atom is -0.495 e. The molecular formula is C15H13BrN2O3. The molecule has 0 saturated heterocycles. The summed E-state index contributed by atoms with van der Waals surface area (Å²) in [6.07, 6.45) is 1.71. The topological polar surface area (TPSA) is 51.7 Å². The molecule has 1 amide bonds. The number of carbonyl (C=O) groups is 1. The Morgan fingerprint density at radius 2 is 2.29 bits per heavy atom. The molecule has 0 bridgehead atoms. The third kappa shape index (κ3) is 2.71. The molecule has 21 heavy (non-hydrogen) atoms. The summed E-state index contributed by atoms with van der Waals surface area (Å²) in [4.78, 5) is 18.1. The number of nitrogens with zero attached hydrogens (tertiary/aromatic N) is 2. The second-order valence-corrected chi connectivity index (χ2v) is 5.40. The van der Waals surface area contributed by atoms with Crippen LogP contribution >= 0.6 is 15.9 Å². The Labute approximate surface area is 130 Å². The Kier molecular flexibility index (Phi) is 3.79. The van der Waals surface area contributed by atoms with Crippen LogP contribution in [0.4, 0.5) is 5.69 Å². The lowest BCUT2D eigenvalue weighted by Gasteiger charge is -2.29. The Morgan fingerprint density at radius 3 is 3.00 bits per heavy atom. The van der Waals surface area contributed by atoms with Gasteiger partial charge in [0.25, 0.3) is 5.91 Å². The van der Waals surface area contributed by atoms with Crippen molar-refractivity contribution in [1.29, 1.82) is 0 Å². The van der Waals surface area contributed by atoms with Gasteiger partial charge in [-0.25, -0.2) is 0 Å². The largest absolute Gasteiger partial charge is 0.495 e. The van der Waals surface area contributed by atoms with Crippen molar-refractivity contribution >= 4 is 27.5 Å². The molecule has 2 heterocycles. The quantitative estimate of drug-likeness (QED) is 0.855. The minimum atomic E-state index is -0.0995. The Balaban J connectivity index is 2.00. The lowest BCUT2D eigenvalue weighted by atomic mass is 10.2. The highest BCUT2D eigenvalue weighted by atomic mass is 79.9. The molecule has 1 aromatic carbocycles. The monoisotopic (exact) mass is 348 g/mol. The highest BCUT2D eigenvalue weighted by molar-refractivity contribution is 9.10. The predicted octanol–water partition coefficient (Wildman–Crippen LogP) is 2.78. The van der Waals surface area contributed by atoms with Gasteiger partial charge < -0.3 is 9.47 Å². The summed E-state index contributed by atoms with van der Waals surface area (Å²) in [5.74, 6) is 1.20. The number of pyridine rings is 1. The van der Waals surface area contributed by atoms with Gasteiger partial charge in [-0.15, -0.1) is 0 Å². The summed E-state index contributed by atoms with van der Waals surface area (Å²) in [5, 5.41) is 0. The molecule has 0 fully saturated rings. The zero-order valence-electron chi connectivity index (χ0n) is 11.4. The summed E-state index contributed by atoms with van der Waals surface area (Å²) in [7, 11) is 1.58. The van der Waals surface area contributed by atoms with Crippen LogP contribution in [0, 0.1) is 0 Å². The maximum Gasteiger partial charge on any atom is 0.265 e. The number of benzene rings is 1. The number of aromatic nitrogens is 1. The molecule has 0 atom stereocenters. The van der Waals surface area contributed by atoms with Gasteiger partial charge in [0.05, 0.1) is 29.5 Å². The van der Waals surface area contributed by atoms with Gasteiger partial charge in [0, 0.05) is 18.3 Å². The van der Waals surface area contributed by atoms with Crippen LogP contribution < -0.4 is 14.4 Å². The zero-order chi connectivity index (χ0) is 14.8. The van der Waals surface area contributed by atoms with E-state index in [1.807, 2.05) is 24.3 Å². The predicted molar refractivity (Wildman–Crippen MR) is 81.6 cm³/mol. The van der Waals surface area contributed by atoms with E-state index in [9.17, 15) is 4.79 Å². The first kappa shape index (κ1) is 13.9. The highest BCUT2D eigenvalue weighted by Crippen LogP contribution is 2.40. The number of methoxy groups -OCH3 is 1. The maximum atomic E-state index is 12.2. The number of rotatable bonds is 3. The van der Waals surface area contributed by atoms with E-state index in [0.29, 0.717) is 23.7 Å². The molecule has 6 heteroatoms. The van der Waals surface area contributed by atoms with Crippen LogP contribution in [-0.4, -0.2) is 24.6 Å². The molecule has 1 aliphatic heterocycles. The fourth-order valence-electron chi connectivity index (χ4n) is 2.19. The molecule has 1 aromatic heterocycles. The van der Waals surface area contributed by atoms with Crippen LogP contribution in [0.15, 0.2) is 41.0 Å². The van der Waals surface area contributed by atoms with E-state index in [0.717, 1.165) is 10.2 Å². The number of anilines is 1. The molecule has 2 aromatic rings. The smallest absolute Gasteiger partial charge is 0.265 e. The summed E-state index contributed by atoms with van der Waals surface area (Å²) >= 11 is 3.42. The van der Waals surface area contributed by atoms with Crippen molar-refractivity contribution in [3.05, 3.63) is 46.7 Å². The molecule has 0 N–H and O–H groups in total. The van der Waals surface area contributed by atoms with E-state index in [1.165, 1.54) is 0 Å². The van der Waals surface area contributed by atoms with Crippen molar-refractivity contribution in [3.8, 4) is 11.5 Å². The molecule has 0 unspecified atom stereocenters. The number of hydrogen-bond donors (Lipinski definition) is 0. The number of ether oxygens (including phenoxy) is 2. The first-order valence-electron chi connectivity index (χ1n) is 6.39. The summed E-state index contributed by atoms with van der Waals surface area (Å²) in [6.45, 7) is 0.430. The van der Waals surface area contributed by atoms with Crippen LogP contribution in [0.3, 0.4) is 0 Å². The summed E-state index contributed by atoms with van der Waals surface area (Å²) < 4.78 is 11.6. The highest BCUT2D eigenvalue weighted by Gasteiger charge is 2.27. The van der Waals surface area contributed by atoms with Crippen molar-refractivity contribution in [2.24, 2.45) is 0 Å². The van der Waals surface area contributed by atoms with E-state index in [4.69, 9.17) is 9.47 Å². The standard InChI is InChI=1S/C15H13BrN2O3/c1-20-13-7-12-14(6-11(13)16)21-9-15(19)18(12)8-10-4-2-3-5-17-10/h2-7H,8-9H2,1H3. The van der Waals surface area contributed by atoms with E-state index in [2.05, 4.69) is 20.9 Å². The first-order valence-corrected chi connectivity index (χ1v) is 7.19. The molecule has 0 aliphatic carbocycles. The van der Waals surface area contributed by atoms with Crippen molar-refractivity contribution in [2.45, 2.75) is 6.54 Å². The van der Waals surface area contributed by atoms with E-state index < -0.39 is 0 Å². The molecule has 108 valence electrons. The van der Waals surface area contributed by atoms with Gasteiger partial charge >= 0.3 is 0 Å². The second-order valence-electron chi connectivity index (χ2n) is 4.54. The van der Waals surface area contributed by atoms with Gasteiger partial charge in [-0.3, -0.25) is 14.7 Å². The third-order valence-electron chi connectivity index (χ3n) is 3.22. The fourth-order valence-corrected chi connectivity index (χ4v) is 2.67. The Hall–Kier alpha value is -2.08. The summed E-state index contributed by atoms with van der Waals surface area (Å²) in [6, 6.07) is 9.24. The molecule has 0 saturated carbocycles. The van der Waals surface area contributed by atoms with Crippen molar-refractivity contribution in [3.63, 3.8) is 0 Å². The van der Waals surface area contributed by atoms with Crippen LogP contribution in [0.2, 0.25) is 0 Å². The van der Waals surface area contributed by atoms with E-state index >= 15 is 0 Å². The molecule has 3 rings (SSSR count). The van der Waals surface area contributed by atoms with E-state index in [1.54, 1.807) is 24.3 Å². The van der Waals surface area contributed by atoms with Gasteiger partial charge in [-0.05, 0) is 28.1 Å². The number of fused-ring (bicyclic) bond motifs is 1. The Morgan fingerprint density at radius 1 is 1.43 bits per heavy atom. The molecule has 0 radical (unpaired) electrons. The molecule has 0 spiro atoms. The van der Waals surface area contributed by atoms with Gasteiger partial charge in [-0.2, -0.15) is 0 Å². The average molecular weight is 349 g/mol. The van der Waals surface area contributed by atoms with Gasteiger partial charge in [0.1, 0.15) is 11.5 Å². The number of amides is 1. The first-order chi connectivity index (χ1) is 10.2. The zero-order valence-corrected chi connectivity index (χ0v) is 13.0. The van der Waals surface area contributed by atoms with Crippen LogP contribution in [-0.2, 0) is 11.3 Å². The maximum absolute atomic E-state index is 12.2. The average Bonchev–Trinajstić information content (AvgIpc) is 2.51. The lowest BCUT2D eigenvalue weighted by Crippen LogP contribution is -2.38. The molecule has 5 nitrogen and oxygen atoms in total. The van der Waals surface area contributed by atoms with Gasteiger partial charge in [0.2, 0.25) is 0 Å². The van der Waals surface area contributed by atoms with Gasteiger partial charge in [0.15, 0.2) is 6.61 Å². The molecule has 1 aliphatic rings. The van der Waals surface area contributed by atoms with Gasteiger partial charge in [-0.1, -0.05) is 6.07 Å². The normalized spacial score (nSPS) is 13.6. The minimum absolute atomic E-state index is 0.0264. The number of carbonyl (C=O) groups excluding carboxylic acids is 1. The van der Waals surface area contributed by atoms with Crippen molar-refractivity contribution in [1.82, 2.24) is 4.98 Å². The molecular weight excluding hydrogens is 336 g/mol. The fraction of sp³-hybridized carbons (Fsp3) is 0.200. The SMILES string of the molecule is COc1cc2c(cc1Br)OCC(=O)N2Cc1ccccn1. The lowest BCUT2D eigenvalue weighted by molar-refractivity contribution is -0.121. The number of halogens is 1. The second kappa shape index (κ2) is 5.73. The van der Waals surface area contributed by atoms with Crippen LogP contribution in [0.5, 0.6) is 11.5 Å². The third-order valence-corrected chi connectivity index (χ3v) is 3.84.